The van der Waals surface area contributed by atoms with Crippen LogP contribution < -0.4 is 0 Å². The van der Waals surface area contributed by atoms with Crippen molar-refractivity contribution in [1.29, 1.82) is 0 Å². The predicted octanol–water partition coefficient (Wildman–Crippen LogP) is 2.74. The van der Waals surface area contributed by atoms with Crippen molar-refractivity contribution in [2.45, 2.75) is 64.7 Å². The molecule has 0 N–H and O–H groups in total. The second-order valence-electron chi connectivity index (χ2n) is 11.3. The minimum absolute atomic E-state index is 0.00599. The van der Waals surface area contributed by atoms with E-state index in [-0.39, 0.29) is 11.8 Å². The molecule has 0 aromatic rings. The molecule has 0 radical (unpaired) electrons. The van der Waals surface area contributed by atoms with E-state index in [0.717, 1.165) is 12.8 Å². The molecule has 0 aliphatic heterocycles. The Kier molecular flexibility index (Phi) is 23.9. The molecule has 1 amide bonds. The van der Waals surface area contributed by atoms with Crippen molar-refractivity contribution in [1.82, 2.24) is 4.90 Å². The maximum absolute atomic E-state index is 12.5. The van der Waals surface area contributed by atoms with Crippen LogP contribution in [0.15, 0.2) is 0 Å². The standard InChI is InChI=1S/C26H65NO17Si6/c1-17-27(25(2)28)24-26(20-18-22-45(15,41-47(29-3,30-4)31-5)42-48(32-6,33-7)34-8)21-19-23-46(16,43-49(35-9,36-10)37-11)44-50(38-12,39-13)40-14/h26H,17-24H2,1-16H3. The highest BCUT2D eigenvalue weighted by Gasteiger charge is 2.58. The molecule has 0 aliphatic rings. The lowest BCUT2D eigenvalue weighted by Crippen LogP contribution is -2.62. The van der Waals surface area contributed by atoms with Gasteiger partial charge in [0.05, 0.1) is 0 Å². The van der Waals surface area contributed by atoms with Crippen molar-refractivity contribution in [3.05, 3.63) is 0 Å². The van der Waals surface area contributed by atoms with Gasteiger partial charge in [0.1, 0.15) is 0 Å². The van der Waals surface area contributed by atoms with Crippen LogP contribution >= 0.6 is 0 Å². The Morgan fingerprint density at radius 3 is 0.920 bits per heavy atom. The van der Waals surface area contributed by atoms with Gasteiger partial charge >= 0.3 is 53.3 Å². The third-order valence-electron chi connectivity index (χ3n) is 8.16. The van der Waals surface area contributed by atoms with E-state index in [1.54, 1.807) is 6.92 Å². The van der Waals surface area contributed by atoms with Crippen LogP contribution in [0.5, 0.6) is 0 Å². The number of hydrogen-bond acceptors (Lipinski definition) is 17. The second-order valence-corrected chi connectivity index (χ2v) is 29.0. The fourth-order valence-corrected chi connectivity index (χ4v) is 24.2. The van der Waals surface area contributed by atoms with Gasteiger partial charge in [-0.25, -0.2) is 0 Å². The van der Waals surface area contributed by atoms with E-state index in [9.17, 15) is 4.79 Å². The van der Waals surface area contributed by atoms with E-state index in [1.165, 1.54) is 85.3 Å². The van der Waals surface area contributed by atoms with E-state index in [1.807, 2.05) is 24.9 Å². The van der Waals surface area contributed by atoms with Crippen LogP contribution in [0.1, 0.15) is 39.5 Å². The van der Waals surface area contributed by atoms with Crippen LogP contribution in [0.2, 0.25) is 25.2 Å². The third kappa shape index (κ3) is 15.1. The van der Waals surface area contributed by atoms with Crippen molar-refractivity contribution in [3.8, 4) is 0 Å². The summed E-state index contributed by atoms with van der Waals surface area (Å²) in [5.74, 6) is 0.0796. The lowest BCUT2D eigenvalue weighted by molar-refractivity contribution is -0.129. The number of carbonyl (C=O) groups is 1. The van der Waals surface area contributed by atoms with Gasteiger partial charge < -0.3 is 74.5 Å². The van der Waals surface area contributed by atoms with Gasteiger partial charge in [0.25, 0.3) is 0 Å². The molecule has 0 bridgehead atoms. The summed E-state index contributed by atoms with van der Waals surface area (Å²) in [7, 11) is -3.19. The summed E-state index contributed by atoms with van der Waals surface area (Å²) in [5, 5.41) is 0. The molecule has 24 heteroatoms. The van der Waals surface area contributed by atoms with E-state index >= 15 is 0 Å². The van der Waals surface area contributed by atoms with Crippen LogP contribution in [-0.2, 0) is 74.4 Å². The Hall–Kier alpha value is 0.131. The van der Waals surface area contributed by atoms with Crippen LogP contribution in [0.3, 0.4) is 0 Å². The molecule has 0 atom stereocenters. The van der Waals surface area contributed by atoms with E-state index in [2.05, 4.69) is 0 Å². The van der Waals surface area contributed by atoms with Crippen molar-refractivity contribution in [2.75, 3.05) is 98.4 Å². The summed E-state index contributed by atoms with van der Waals surface area (Å²) in [4.78, 5) is 14.3. The molecule has 0 spiro atoms. The Morgan fingerprint density at radius 2 is 0.740 bits per heavy atom. The van der Waals surface area contributed by atoms with Gasteiger partial charge in [0, 0.05) is 105 Å². The highest BCUT2D eigenvalue weighted by molar-refractivity contribution is 6.81. The number of nitrogens with zero attached hydrogens (tertiary/aromatic N) is 1. The van der Waals surface area contributed by atoms with Gasteiger partial charge in [-0.1, -0.05) is 12.8 Å². The molecule has 0 saturated heterocycles. The molecule has 300 valence electrons. The van der Waals surface area contributed by atoms with Crippen LogP contribution in [0.25, 0.3) is 0 Å². The average molecular weight is 832 g/mol. The number of amides is 1. The first-order valence-electron chi connectivity index (χ1n) is 16.2. The van der Waals surface area contributed by atoms with Crippen molar-refractivity contribution in [2.24, 2.45) is 5.92 Å². The monoisotopic (exact) mass is 831 g/mol. The molecule has 0 aromatic heterocycles. The lowest BCUT2D eigenvalue weighted by Gasteiger charge is -2.38. The normalized spacial score (nSPS) is 13.8. The number of hydrogen-bond donors (Lipinski definition) is 0. The zero-order valence-corrected chi connectivity index (χ0v) is 39.1. The first kappa shape index (κ1) is 50.1. The highest BCUT2D eigenvalue weighted by atomic mass is 28.5. The summed E-state index contributed by atoms with van der Waals surface area (Å²) in [6.07, 6.45) is 2.77. The van der Waals surface area contributed by atoms with E-state index < -0.39 is 53.3 Å². The highest BCUT2D eigenvalue weighted by Crippen LogP contribution is 2.32. The molecule has 0 rings (SSSR count). The Morgan fingerprint density at radius 1 is 0.500 bits per heavy atom. The maximum Gasteiger partial charge on any atom is 0.669 e. The van der Waals surface area contributed by atoms with Crippen molar-refractivity contribution < 1.29 is 74.4 Å². The predicted molar refractivity (Wildman–Crippen MR) is 194 cm³/mol. The lowest BCUT2D eigenvalue weighted by atomic mass is 9.97. The molecule has 0 aromatic carbocycles. The minimum atomic E-state index is -3.55. The Labute approximate surface area is 306 Å². The fourth-order valence-electron chi connectivity index (χ4n) is 5.35. The first-order valence-corrected chi connectivity index (χ1v) is 27.8. The molecule has 0 heterocycles. The SMILES string of the molecule is CCN(CC(CCC[Si](C)(O[Si](OC)(OC)OC)O[Si](OC)(OC)OC)CCC[Si](C)(O[Si](OC)(OC)OC)O[Si](OC)(OC)OC)C(C)=O. The molecular formula is C26H65NO17Si6. The fraction of sp³-hybridized carbons (Fsp3) is 0.962. The van der Waals surface area contributed by atoms with Gasteiger partial charge in [-0.2, -0.15) is 0 Å². The molecule has 0 unspecified atom stereocenters. The van der Waals surface area contributed by atoms with Gasteiger partial charge in [0.15, 0.2) is 0 Å². The molecule has 0 saturated carbocycles. The summed E-state index contributed by atoms with van der Waals surface area (Å²) < 4.78 is 92.8. The summed E-state index contributed by atoms with van der Waals surface area (Å²) in [5.41, 5.74) is 0. The number of rotatable bonds is 31. The maximum atomic E-state index is 12.5. The van der Waals surface area contributed by atoms with Gasteiger partial charge in [-0.3, -0.25) is 4.79 Å². The van der Waals surface area contributed by atoms with Crippen LogP contribution in [0.4, 0.5) is 0 Å². The molecule has 0 fully saturated rings. The molecule has 18 nitrogen and oxygen atoms in total. The number of carbonyl (C=O) groups excluding carboxylic acids is 1. The minimum Gasteiger partial charge on any atom is -0.370 e. The van der Waals surface area contributed by atoms with E-state index in [0.29, 0.717) is 38.0 Å². The molecule has 0 aliphatic carbocycles. The quantitative estimate of drug-likeness (QED) is 0.0935. The first-order chi connectivity index (χ1) is 23.5. The zero-order chi connectivity index (χ0) is 38.7. The zero-order valence-electron chi connectivity index (χ0n) is 33.1. The summed E-state index contributed by atoms with van der Waals surface area (Å²) in [6.45, 7) is 8.39. The average Bonchev–Trinajstić information content (AvgIpc) is 3.13. The Bertz CT molecular complexity index is 794. The summed E-state index contributed by atoms with van der Waals surface area (Å²) in [6, 6.07) is 0.967. The van der Waals surface area contributed by atoms with Crippen LogP contribution in [0, 0.1) is 5.92 Å². The second kappa shape index (κ2) is 23.8. The molecular weight excluding hydrogens is 767 g/mol. The van der Waals surface area contributed by atoms with Crippen LogP contribution in [-0.4, -0.2) is 163 Å². The molecule has 50 heavy (non-hydrogen) atoms. The van der Waals surface area contributed by atoms with Gasteiger partial charge in [0.2, 0.25) is 5.91 Å². The third-order valence-corrected chi connectivity index (χ3v) is 27.6. The van der Waals surface area contributed by atoms with Crippen molar-refractivity contribution in [3.63, 3.8) is 0 Å². The van der Waals surface area contributed by atoms with E-state index in [4.69, 9.17) is 69.6 Å². The van der Waals surface area contributed by atoms with Crippen molar-refractivity contribution >= 4 is 59.2 Å². The topological polar surface area (TPSA) is 168 Å². The van der Waals surface area contributed by atoms with Gasteiger partial charge in [-0.05, 0) is 50.9 Å². The largest absolute Gasteiger partial charge is 0.669 e. The Balaban J connectivity index is 6.39. The summed E-state index contributed by atoms with van der Waals surface area (Å²) >= 11 is 0. The van der Waals surface area contributed by atoms with Gasteiger partial charge in [-0.15, -0.1) is 0 Å². The smallest absolute Gasteiger partial charge is 0.370 e.